The van der Waals surface area contributed by atoms with Gasteiger partial charge < -0.3 is 15.4 Å². The topological polar surface area (TPSA) is 67.4 Å². The van der Waals surface area contributed by atoms with Crippen LogP contribution in [0.5, 0.6) is 0 Å². The zero-order valence-electron chi connectivity index (χ0n) is 12.9. The van der Waals surface area contributed by atoms with Crippen molar-refractivity contribution in [1.82, 2.24) is 5.32 Å². The SMILES string of the molecule is COC1(CNC(=O)C(=O)Nc2ccc(C(F)(F)F)cc2)CCSC1. The minimum Gasteiger partial charge on any atom is -0.376 e. The van der Waals surface area contributed by atoms with E-state index in [-0.39, 0.29) is 12.2 Å². The average Bonchev–Trinajstić information content (AvgIpc) is 3.01. The van der Waals surface area contributed by atoms with Gasteiger partial charge in [-0.1, -0.05) is 0 Å². The highest BCUT2D eigenvalue weighted by molar-refractivity contribution is 7.99. The third-order valence-electron chi connectivity index (χ3n) is 3.75. The van der Waals surface area contributed by atoms with Crippen LogP contribution in [-0.2, 0) is 20.5 Å². The number of hydrogen-bond donors (Lipinski definition) is 2. The Kier molecular flexibility index (Phi) is 5.76. The van der Waals surface area contributed by atoms with E-state index < -0.39 is 29.2 Å². The lowest BCUT2D eigenvalue weighted by Gasteiger charge is -2.26. The highest BCUT2D eigenvalue weighted by Gasteiger charge is 2.35. The normalized spacial score (nSPS) is 20.7. The Labute approximate surface area is 141 Å². The maximum Gasteiger partial charge on any atom is 0.416 e. The molecule has 0 aromatic heterocycles. The Morgan fingerprint density at radius 2 is 1.92 bits per heavy atom. The van der Waals surface area contributed by atoms with E-state index in [0.29, 0.717) is 0 Å². The second-order valence-corrected chi connectivity index (χ2v) is 6.51. The first-order valence-electron chi connectivity index (χ1n) is 7.15. The quantitative estimate of drug-likeness (QED) is 0.807. The number of methoxy groups -OCH3 is 1. The van der Waals surface area contributed by atoms with Crippen LogP contribution in [0.1, 0.15) is 12.0 Å². The lowest BCUT2D eigenvalue weighted by atomic mass is 10.0. The number of rotatable bonds is 4. The lowest BCUT2D eigenvalue weighted by molar-refractivity contribution is -0.137. The smallest absolute Gasteiger partial charge is 0.376 e. The third-order valence-corrected chi connectivity index (χ3v) is 4.97. The number of amides is 2. The van der Waals surface area contributed by atoms with E-state index in [2.05, 4.69) is 10.6 Å². The maximum atomic E-state index is 12.5. The summed E-state index contributed by atoms with van der Waals surface area (Å²) in [4.78, 5) is 23.6. The van der Waals surface area contributed by atoms with Gasteiger partial charge >= 0.3 is 18.0 Å². The van der Waals surface area contributed by atoms with Crippen LogP contribution in [0.3, 0.4) is 0 Å². The van der Waals surface area contributed by atoms with Crippen molar-refractivity contribution in [3.8, 4) is 0 Å². The van der Waals surface area contributed by atoms with E-state index in [1.54, 1.807) is 18.9 Å². The van der Waals surface area contributed by atoms with E-state index in [4.69, 9.17) is 4.74 Å². The molecule has 2 amide bonds. The van der Waals surface area contributed by atoms with Gasteiger partial charge in [0, 0.05) is 25.1 Å². The molecule has 132 valence electrons. The Bertz CT molecular complexity index is 599. The van der Waals surface area contributed by atoms with Crippen LogP contribution in [0.2, 0.25) is 0 Å². The fourth-order valence-electron chi connectivity index (χ4n) is 2.21. The molecule has 1 atom stereocenters. The van der Waals surface area contributed by atoms with Crippen LogP contribution in [0.15, 0.2) is 24.3 Å². The van der Waals surface area contributed by atoms with Gasteiger partial charge in [-0.2, -0.15) is 24.9 Å². The van der Waals surface area contributed by atoms with Gasteiger partial charge in [0.2, 0.25) is 0 Å². The molecule has 1 heterocycles. The minimum absolute atomic E-state index is 0.112. The fraction of sp³-hybridized carbons (Fsp3) is 0.467. The van der Waals surface area contributed by atoms with Crippen molar-refractivity contribution >= 4 is 29.3 Å². The van der Waals surface area contributed by atoms with Crippen LogP contribution in [0, 0.1) is 0 Å². The second-order valence-electron chi connectivity index (χ2n) is 5.40. The molecule has 1 aliphatic heterocycles. The monoisotopic (exact) mass is 362 g/mol. The average molecular weight is 362 g/mol. The zero-order valence-corrected chi connectivity index (χ0v) is 13.7. The van der Waals surface area contributed by atoms with E-state index in [0.717, 1.165) is 42.2 Å². The molecule has 2 N–H and O–H groups in total. The Morgan fingerprint density at radius 1 is 1.25 bits per heavy atom. The maximum absolute atomic E-state index is 12.5. The van der Waals surface area contributed by atoms with Crippen molar-refractivity contribution in [2.45, 2.75) is 18.2 Å². The molecule has 0 aliphatic carbocycles. The predicted molar refractivity (Wildman–Crippen MR) is 84.8 cm³/mol. The van der Waals surface area contributed by atoms with E-state index in [9.17, 15) is 22.8 Å². The van der Waals surface area contributed by atoms with Crippen molar-refractivity contribution in [2.75, 3.05) is 30.5 Å². The molecule has 1 aliphatic rings. The van der Waals surface area contributed by atoms with Gasteiger partial charge in [-0.25, -0.2) is 0 Å². The lowest BCUT2D eigenvalue weighted by Crippen LogP contribution is -2.47. The summed E-state index contributed by atoms with van der Waals surface area (Å²) in [6, 6.07) is 3.86. The van der Waals surface area contributed by atoms with Crippen LogP contribution >= 0.6 is 11.8 Å². The van der Waals surface area contributed by atoms with Crippen LogP contribution in [0.4, 0.5) is 18.9 Å². The number of ether oxygens (including phenoxy) is 1. The van der Waals surface area contributed by atoms with Crippen molar-refractivity contribution in [2.24, 2.45) is 0 Å². The van der Waals surface area contributed by atoms with E-state index in [1.165, 1.54) is 0 Å². The molecule has 0 radical (unpaired) electrons. The number of alkyl halides is 3. The third kappa shape index (κ3) is 4.64. The second kappa shape index (κ2) is 7.43. The molecule has 5 nitrogen and oxygen atoms in total. The van der Waals surface area contributed by atoms with Gasteiger partial charge in [-0.15, -0.1) is 0 Å². The summed E-state index contributed by atoms with van der Waals surface area (Å²) < 4.78 is 42.8. The van der Waals surface area contributed by atoms with Gasteiger partial charge in [0.15, 0.2) is 0 Å². The summed E-state index contributed by atoms with van der Waals surface area (Å²) in [6.45, 7) is 0.204. The molecule has 0 spiro atoms. The first kappa shape index (κ1) is 18.6. The summed E-state index contributed by atoms with van der Waals surface area (Å²) in [7, 11) is 1.56. The van der Waals surface area contributed by atoms with E-state index >= 15 is 0 Å². The van der Waals surface area contributed by atoms with Crippen LogP contribution in [0.25, 0.3) is 0 Å². The highest BCUT2D eigenvalue weighted by Crippen LogP contribution is 2.30. The number of anilines is 1. The molecule has 0 saturated carbocycles. The Hall–Kier alpha value is -1.74. The van der Waals surface area contributed by atoms with Crippen LogP contribution in [-0.4, -0.2) is 42.6 Å². The molecule has 1 aromatic rings. The van der Waals surface area contributed by atoms with E-state index in [1.807, 2.05) is 0 Å². The predicted octanol–water partition coefficient (Wildman–Crippen LogP) is 2.28. The molecule has 24 heavy (non-hydrogen) atoms. The molecule has 0 bridgehead atoms. The van der Waals surface area contributed by atoms with Crippen molar-refractivity contribution in [1.29, 1.82) is 0 Å². The molecule has 1 aromatic carbocycles. The first-order valence-corrected chi connectivity index (χ1v) is 8.31. The summed E-state index contributed by atoms with van der Waals surface area (Å²) in [5, 5.41) is 4.76. The minimum atomic E-state index is -4.45. The number of hydrogen-bond acceptors (Lipinski definition) is 4. The first-order chi connectivity index (χ1) is 11.3. The van der Waals surface area contributed by atoms with Crippen molar-refractivity contribution < 1.29 is 27.5 Å². The highest BCUT2D eigenvalue weighted by atomic mass is 32.2. The number of benzene rings is 1. The standard InChI is InChI=1S/C15H17F3N2O3S/c1-23-14(6-7-24-9-14)8-19-12(21)13(22)20-11-4-2-10(3-5-11)15(16,17)18/h2-5H,6-9H2,1H3,(H,19,21)(H,20,22). The summed E-state index contributed by atoms with van der Waals surface area (Å²) >= 11 is 1.70. The van der Waals surface area contributed by atoms with Crippen LogP contribution < -0.4 is 10.6 Å². The molecule has 9 heteroatoms. The molecule has 1 saturated heterocycles. The zero-order chi connectivity index (χ0) is 17.8. The summed E-state index contributed by atoms with van der Waals surface area (Å²) in [5.74, 6) is -0.152. The van der Waals surface area contributed by atoms with Crippen molar-refractivity contribution in [3.05, 3.63) is 29.8 Å². The summed E-state index contributed by atoms with van der Waals surface area (Å²) in [6.07, 6.45) is -3.68. The molecular formula is C15H17F3N2O3S. The number of nitrogens with one attached hydrogen (secondary N) is 2. The summed E-state index contributed by atoms with van der Waals surface area (Å²) in [5.41, 5.74) is -1.19. The van der Waals surface area contributed by atoms with Gasteiger partial charge in [-0.3, -0.25) is 9.59 Å². The molecular weight excluding hydrogens is 345 g/mol. The van der Waals surface area contributed by atoms with Gasteiger partial charge in [0.05, 0.1) is 11.2 Å². The molecule has 1 unspecified atom stereocenters. The van der Waals surface area contributed by atoms with Gasteiger partial charge in [-0.05, 0) is 36.4 Å². The number of carbonyl (C=O) groups is 2. The Balaban J connectivity index is 1.88. The number of carbonyl (C=O) groups excluding carboxylic acids is 2. The number of halogens is 3. The Morgan fingerprint density at radius 3 is 2.42 bits per heavy atom. The van der Waals surface area contributed by atoms with Crippen molar-refractivity contribution in [3.63, 3.8) is 0 Å². The fourth-order valence-corrected chi connectivity index (χ4v) is 3.61. The van der Waals surface area contributed by atoms with Gasteiger partial charge in [0.25, 0.3) is 0 Å². The largest absolute Gasteiger partial charge is 0.416 e. The molecule has 2 rings (SSSR count). The number of thioether (sulfide) groups is 1. The molecule has 1 fully saturated rings. The van der Waals surface area contributed by atoms with Gasteiger partial charge in [0.1, 0.15) is 0 Å².